The van der Waals surface area contributed by atoms with E-state index in [-0.39, 0.29) is 5.41 Å². The highest BCUT2D eigenvalue weighted by Gasteiger charge is 2.38. The van der Waals surface area contributed by atoms with E-state index in [1.54, 1.807) is 0 Å². The molecule has 0 radical (unpaired) electrons. The summed E-state index contributed by atoms with van der Waals surface area (Å²) in [5, 5.41) is 4.77. The van der Waals surface area contributed by atoms with Gasteiger partial charge in [-0.15, -0.1) is 0 Å². The van der Waals surface area contributed by atoms with Crippen molar-refractivity contribution in [2.75, 3.05) is 0 Å². The lowest BCUT2D eigenvalue weighted by molar-refractivity contribution is 0.661. The van der Waals surface area contributed by atoms with Gasteiger partial charge in [-0.1, -0.05) is 178 Å². The van der Waals surface area contributed by atoms with E-state index < -0.39 is 0 Å². The molecule has 2 aromatic heterocycles. The first kappa shape index (κ1) is 34.9. The maximum Gasteiger partial charge on any atom is 0.164 e. The summed E-state index contributed by atoms with van der Waals surface area (Å²) in [5.74, 6) is 1.94. The number of furan rings is 1. The average Bonchev–Trinajstić information content (AvgIpc) is 3.95. The van der Waals surface area contributed by atoms with Gasteiger partial charge < -0.3 is 4.42 Å². The Kier molecular flexibility index (Phi) is 7.32. The number of hydrogen-bond acceptors (Lipinski definition) is 4. The molecule has 0 saturated heterocycles. The van der Waals surface area contributed by atoms with Gasteiger partial charge in [-0.05, 0) is 102 Å². The second kappa shape index (κ2) is 13.0. The van der Waals surface area contributed by atoms with Crippen molar-refractivity contribution in [3.63, 3.8) is 0 Å². The molecule has 0 aliphatic heterocycles. The van der Waals surface area contributed by atoms with E-state index in [9.17, 15) is 0 Å². The zero-order chi connectivity index (χ0) is 41.1. The first-order valence-corrected chi connectivity index (χ1v) is 21.3. The summed E-state index contributed by atoms with van der Waals surface area (Å²) in [6, 6.07) is 67.1. The van der Waals surface area contributed by atoms with Gasteiger partial charge in [0.1, 0.15) is 11.2 Å². The molecule has 2 aliphatic carbocycles. The van der Waals surface area contributed by atoms with E-state index in [0.717, 1.165) is 55.3 Å². The van der Waals surface area contributed by atoms with E-state index in [1.807, 2.05) is 18.2 Å². The first-order chi connectivity index (χ1) is 30.5. The van der Waals surface area contributed by atoms with Crippen molar-refractivity contribution in [3.8, 4) is 89.8 Å². The maximum atomic E-state index is 6.58. The van der Waals surface area contributed by atoms with E-state index in [4.69, 9.17) is 19.4 Å². The Balaban J connectivity index is 0.963. The summed E-state index contributed by atoms with van der Waals surface area (Å²) in [5.41, 5.74) is 19.1. The quantitative estimate of drug-likeness (QED) is 0.174. The normalized spacial score (nSPS) is 13.1. The number of nitrogens with zero attached hydrogens (tertiary/aromatic N) is 3. The zero-order valence-corrected chi connectivity index (χ0v) is 34.1. The van der Waals surface area contributed by atoms with Gasteiger partial charge in [-0.25, -0.2) is 15.0 Å². The van der Waals surface area contributed by atoms with Crippen LogP contribution in [-0.4, -0.2) is 15.0 Å². The van der Waals surface area contributed by atoms with Crippen molar-refractivity contribution in [1.82, 2.24) is 15.0 Å². The lowest BCUT2D eigenvalue weighted by Crippen LogP contribution is -2.17. The molecule has 0 unspecified atom stereocenters. The molecule has 0 fully saturated rings. The van der Waals surface area contributed by atoms with Gasteiger partial charge in [-0.2, -0.15) is 0 Å². The minimum Gasteiger partial charge on any atom is -0.456 e. The van der Waals surface area contributed by atoms with E-state index in [1.165, 1.54) is 60.8 Å². The van der Waals surface area contributed by atoms with Crippen LogP contribution in [0.1, 0.15) is 25.0 Å². The molecule has 62 heavy (non-hydrogen) atoms. The Morgan fingerprint density at radius 3 is 1.84 bits per heavy atom. The highest BCUT2D eigenvalue weighted by atomic mass is 16.3. The van der Waals surface area contributed by atoms with Crippen LogP contribution in [0.2, 0.25) is 0 Å². The topological polar surface area (TPSA) is 51.8 Å². The van der Waals surface area contributed by atoms with Gasteiger partial charge in [-0.3, -0.25) is 0 Å². The molecule has 0 spiro atoms. The molecule has 0 saturated carbocycles. The van der Waals surface area contributed by atoms with Crippen LogP contribution in [0.4, 0.5) is 0 Å². The predicted molar refractivity (Wildman–Crippen MR) is 254 cm³/mol. The van der Waals surface area contributed by atoms with Crippen molar-refractivity contribution >= 4 is 32.7 Å². The predicted octanol–water partition coefficient (Wildman–Crippen LogP) is 15.2. The molecule has 2 heterocycles. The summed E-state index contributed by atoms with van der Waals surface area (Å²) >= 11 is 0. The van der Waals surface area contributed by atoms with Crippen LogP contribution in [0.15, 0.2) is 192 Å². The Morgan fingerprint density at radius 2 is 0.968 bits per heavy atom. The van der Waals surface area contributed by atoms with Gasteiger partial charge in [0.05, 0.1) is 0 Å². The number of hydrogen-bond donors (Lipinski definition) is 0. The molecule has 9 aromatic carbocycles. The highest BCUT2D eigenvalue weighted by Crippen LogP contribution is 2.53. The summed E-state index contributed by atoms with van der Waals surface area (Å²) in [6.07, 6.45) is 0. The molecule has 4 heteroatoms. The Bertz CT molecular complexity index is 3670. The van der Waals surface area contributed by atoms with Crippen LogP contribution in [-0.2, 0) is 5.41 Å². The number of benzene rings is 9. The zero-order valence-electron chi connectivity index (χ0n) is 34.1. The summed E-state index contributed by atoms with van der Waals surface area (Å²) in [6.45, 7) is 4.61. The highest BCUT2D eigenvalue weighted by molar-refractivity contribution is 6.19. The lowest BCUT2D eigenvalue weighted by Gasteiger charge is -2.24. The number of fused-ring (bicyclic) bond motifs is 9. The van der Waals surface area contributed by atoms with Crippen LogP contribution < -0.4 is 0 Å². The van der Waals surface area contributed by atoms with Gasteiger partial charge >= 0.3 is 0 Å². The Labute approximate surface area is 358 Å². The summed E-state index contributed by atoms with van der Waals surface area (Å²) in [4.78, 5) is 15.7. The molecule has 290 valence electrons. The molecular formula is C58H37N3O. The standard InChI is InChI=1S/C58H37N3O/c1-58(2)48-28-7-6-20-41(48)44-25-12-27-46(54(44)58)57-60-55(35-14-4-3-5-15-35)59-56(61-57)38-19-8-18-36(32-38)40-22-13-29-50-53(40)47-33-37(30-31-49(47)62-50)39-21-11-24-43-42-23-9-16-34-17-10-26-45(51(34)42)52(39)43/h3-33H,1-2H3. The van der Waals surface area contributed by atoms with Crippen molar-refractivity contribution in [1.29, 1.82) is 0 Å². The molecular weight excluding hydrogens is 755 g/mol. The molecule has 0 N–H and O–H groups in total. The van der Waals surface area contributed by atoms with E-state index in [2.05, 4.69) is 184 Å². The van der Waals surface area contributed by atoms with Crippen molar-refractivity contribution in [2.24, 2.45) is 0 Å². The third kappa shape index (κ3) is 5.04. The molecule has 4 nitrogen and oxygen atoms in total. The lowest BCUT2D eigenvalue weighted by atomic mass is 9.80. The molecule has 0 atom stereocenters. The van der Waals surface area contributed by atoms with E-state index in [0.29, 0.717) is 17.5 Å². The Morgan fingerprint density at radius 1 is 0.371 bits per heavy atom. The van der Waals surface area contributed by atoms with Crippen molar-refractivity contribution in [2.45, 2.75) is 19.3 Å². The SMILES string of the molecule is CC1(C)c2ccccc2-c2cccc(-c3nc(-c4ccccc4)nc(-c4cccc(-c5cccc6oc7ccc(-c8cccc9c8-c8cccc%10cccc-9c8%10)cc7c56)c4)n3)c21. The van der Waals surface area contributed by atoms with Crippen molar-refractivity contribution < 1.29 is 4.42 Å². The first-order valence-electron chi connectivity index (χ1n) is 21.3. The second-order valence-corrected chi connectivity index (χ2v) is 17.1. The molecule has 2 aliphatic rings. The minimum absolute atomic E-state index is 0.229. The van der Waals surface area contributed by atoms with Crippen LogP contribution in [0.3, 0.4) is 0 Å². The van der Waals surface area contributed by atoms with Crippen molar-refractivity contribution in [3.05, 3.63) is 199 Å². The fourth-order valence-electron chi connectivity index (χ4n) is 10.5. The van der Waals surface area contributed by atoms with Crippen LogP contribution >= 0.6 is 0 Å². The number of aromatic nitrogens is 3. The fourth-order valence-corrected chi connectivity index (χ4v) is 10.5. The van der Waals surface area contributed by atoms with Gasteiger partial charge in [0.25, 0.3) is 0 Å². The molecule has 0 bridgehead atoms. The number of rotatable bonds is 5. The summed E-state index contributed by atoms with van der Waals surface area (Å²) in [7, 11) is 0. The Hall–Kier alpha value is -7.95. The third-order valence-electron chi connectivity index (χ3n) is 13.3. The van der Waals surface area contributed by atoms with Crippen LogP contribution in [0.25, 0.3) is 123 Å². The van der Waals surface area contributed by atoms with Gasteiger partial charge in [0.2, 0.25) is 0 Å². The minimum atomic E-state index is -0.229. The fraction of sp³-hybridized carbons (Fsp3) is 0.0517. The average molecular weight is 792 g/mol. The van der Waals surface area contributed by atoms with Gasteiger partial charge in [0, 0.05) is 32.9 Å². The second-order valence-electron chi connectivity index (χ2n) is 17.1. The van der Waals surface area contributed by atoms with Crippen LogP contribution in [0, 0.1) is 0 Å². The molecule has 13 rings (SSSR count). The smallest absolute Gasteiger partial charge is 0.164 e. The monoisotopic (exact) mass is 791 g/mol. The van der Waals surface area contributed by atoms with E-state index >= 15 is 0 Å². The maximum absolute atomic E-state index is 6.58. The van der Waals surface area contributed by atoms with Crippen LogP contribution in [0.5, 0.6) is 0 Å². The largest absolute Gasteiger partial charge is 0.456 e. The third-order valence-corrected chi connectivity index (χ3v) is 13.3. The molecule has 11 aromatic rings. The van der Waals surface area contributed by atoms with Gasteiger partial charge in [0.15, 0.2) is 17.5 Å². The molecule has 0 amide bonds. The summed E-state index contributed by atoms with van der Waals surface area (Å²) < 4.78 is 6.58.